The van der Waals surface area contributed by atoms with Crippen molar-refractivity contribution in [2.75, 3.05) is 0 Å². The summed E-state index contributed by atoms with van der Waals surface area (Å²) >= 11 is 3.51. The summed E-state index contributed by atoms with van der Waals surface area (Å²) in [6.07, 6.45) is 13.1. The lowest BCUT2D eigenvalue weighted by Gasteiger charge is -2.21. The van der Waals surface area contributed by atoms with Gasteiger partial charge in [-0.05, 0) is 32.6 Å². The highest BCUT2D eigenvalue weighted by Gasteiger charge is 2.16. The molecule has 1 aliphatic rings. The molecule has 0 radical (unpaired) electrons. The maximum Gasteiger partial charge on any atom is 0.250 e. The van der Waals surface area contributed by atoms with Crippen molar-refractivity contribution in [2.24, 2.45) is 5.92 Å². The zero-order valence-corrected chi connectivity index (χ0v) is 14.6. The Morgan fingerprint density at radius 1 is 1.35 bits per heavy atom. The van der Waals surface area contributed by atoms with E-state index in [4.69, 9.17) is 0 Å². The molecular formula is C17H26BrNO. The van der Waals surface area contributed by atoms with Crippen molar-refractivity contribution in [3.05, 3.63) is 36.1 Å². The van der Waals surface area contributed by atoms with Crippen LogP contribution in [0.2, 0.25) is 0 Å². The fourth-order valence-electron chi connectivity index (χ4n) is 2.16. The molecule has 2 nitrogen and oxygen atoms in total. The molecule has 0 N–H and O–H groups in total. The highest BCUT2D eigenvalue weighted by Crippen LogP contribution is 2.16. The first kappa shape index (κ1) is 17.2. The summed E-state index contributed by atoms with van der Waals surface area (Å²) < 4.78 is 0. The summed E-state index contributed by atoms with van der Waals surface area (Å²) in [5.74, 6) is 0.801. The summed E-state index contributed by atoms with van der Waals surface area (Å²) in [6, 6.07) is 0.0982. The van der Waals surface area contributed by atoms with Crippen LogP contribution in [0.3, 0.4) is 0 Å². The van der Waals surface area contributed by atoms with Gasteiger partial charge < -0.3 is 4.90 Å². The summed E-state index contributed by atoms with van der Waals surface area (Å²) in [4.78, 5) is 14.3. The number of amides is 1. The quantitative estimate of drug-likeness (QED) is 0.399. The van der Waals surface area contributed by atoms with Crippen molar-refractivity contribution < 1.29 is 4.79 Å². The Labute approximate surface area is 131 Å². The smallest absolute Gasteiger partial charge is 0.250 e. The molecule has 1 heterocycles. The van der Waals surface area contributed by atoms with Crippen LogP contribution < -0.4 is 0 Å². The summed E-state index contributed by atoms with van der Waals surface area (Å²) in [6.45, 7) is 8.55. The normalized spacial score (nSPS) is 23.3. The van der Waals surface area contributed by atoms with Crippen LogP contribution in [0.15, 0.2) is 36.1 Å². The lowest BCUT2D eigenvalue weighted by atomic mass is 10.0. The number of rotatable bonds is 5. The average Bonchev–Trinajstić information content (AvgIpc) is 2.51. The monoisotopic (exact) mass is 339 g/mol. The number of allylic oxidation sites excluding steroid dienone is 3. The Morgan fingerprint density at radius 3 is 2.70 bits per heavy atom. The number of carbonyl (C=O) groups is 1. The molecule has 3 heteroatoms. The van der Waals surface area contributed by atoms with E-state index in [9.17, 15) is 4.79 Å². The van der Waals surface area contributed by atoms with Gasteiger partial charge in [-0.1, -0.05) is 60.0 Å². The highest BCUT2D eigenvalue weighted by molar-refractivity contribution is 9.09. The van der Waals surface area contributed by atoms with Crippen molar-refractivity contribution in [2.45, 2.75) is 57.8 Å². The molecule has 0 aromatic rings. The molecule has 0 aromatic carbocycles. The molecule has 20 heavy (non-hydrogen) atoms. The van der Waals surface area contributed by atoms with Gasteiger partial charge in [0.2, 0.25) is 0 Å². The molecule has 0 fully saturated rings. The molecule has 112 valence electrons. The van der Waals surface area contributed by atoms with Gasteiger partial charge in [0, 0.05) is 12.3 Å². The molecule has 0 spiro atoms. The van der Waals surface area contributed by atoms with E-state index in [0.717, 1.165) is 18.8 Å². The number of nitrogens with zero attached hydrogens (tertiary/aromatic N) is 1. The topological polar surface area (TPSA) is 20.3 Å². The zero-order valence-electron chi connectivity index (χ0n) is 13.0. The molecule has 2 unspecified atom stereocenters. The summed E-state index contributed by atoms with van der Waals surface area (Å²) in [7, 11) is 0. The standard InChI is InChI=1S/C17H26BrNO/c1-13(2)6-5-7-14(3)12-17(20)19-11-10-16(18)9-8-15(19)4/h8-13,15-16H,5-7H2,1-4H3/b14-12+. The van der Waals surface area contributed by atoms with Crippen LogP contribution in [-0.2, 0) is 4.79 Å². The maximum absolute atomic E-state index is 12.3. The number of carbonyl (C=O) groups excluding carboxylic acids is 1. The van der Waals surface area contributed by atoms with Crippen molar-refractivity contribution in [1.82, 2.24) is 4.90 Å². The molecule has 1 rings (SSSR count). The van der Waals surface area contributed by atoms with Crippen molar-refractivity contribution in [1.29, 1.82) is 0 Å². The molecule has 0 aromatic heterocycles. The van der Waals surface area contributed by atoms with Gasteiger partial charge >= 0.3 is 0 Å². The second kappa shape index (κ2) is 8.46. The van der Waals surface area contributed by atoms with E-state index in [1.165, 1.54) is 12.0 Å². The lowest BCUT2D eigenvalue weighted by molar-refractivity contribution is -0.124. The van der Waals surface area contributed by atoms with Gasteiger partial charge in [0.15, 0.2) is 0 Å². The minimum atomic E-state index is 0.0713. The van der Waals surface area contributed by atoms with Gasteiger partial charge in [0.1, 0.15) is 0 Å². The summed E-state index contributed by atoms with van der Waals surface area (Å²) in [5.41, 5.74) is 1.17. The predicted molar refractivity (Wildman–Crippen MR) is 89.7 cm³/mol. The van der Waals surface area contributed by atoms with Crippen molar-refractivity contribution >= 4 is 21.8 Å². The Morgan fingerprint density at radius 2 is 2.05 bits per heavy atom. The van der Waals surface area contributed by atoms with Crippen LogP contribution in [0.4, 0.5) is 0 Å². The maximum atomic E-state index is 12.3. The SMILES string of the molecule is C/C(=C\C(=O)N1C=CC(Br)C=CC1C)CCCC(C)C. The molecule has 0 aliphatic carbocycles. The molecule has 0 saturated heterocycles. The van der Waals surface area contributed by atoms with Crippen LogP contribution in [0, 0.1) is 5.92 Å². The molecular weight excluding hydrogens is 314 g/mol. The van der Waals surface area contributed by atoms with Gasteiger partial charge in [-0.3, -0.25) is 4.79 Å². The van der Waals surface area contributed by atoms with Gasteiger partial charge in [-0.15, -0.1) is 0 Å². The Hall–Kier alpha value is -0.830. The van der Waals surface area contributed by atoms with E-state index in [1.807, 2.05) is 26.1 Å². The van der Waals surface area contributed by atoms with E-state index in [2.05, 4.69) is 41.9 Å². The number of hydrogen-bond acceptors (Lipinski definition) is 1. The van der Waals surface area contributed by atoms with Crippen molar-refractivity contribution in [3.63, 3.8) is 0 Å². The third kappa shape index (κ3) is 6.08. The fraction of sp³-hybridized carbons (Fsp3) is 0.588. The third-order valence-electron chi connectivity index (χ3n) is 3.42. The first-order valence-electron chi connectivity index (χ1n) is 7.40. The molecule has 1 amide bonds. The van der Waals surface area contributed by atoms with Crippen LogP contribution in [0.1, 0.15) is 47.0 Å². The van der Waals surface area contributed by atoms with E-state index >= 15 is 0 Å². The van der Waals surface area contributed by atoms with E-state index in [0.29, 0.717) is 0 Å². The minimum absolute atomic E-state index is 0.0713. The number of halogens is 1. The van der Waals surface area contributed by atoms with Gasteiger partial charge in [-0.2, -0.15) is 0 Å². The first-order valence-corrected chi connectivity index (χ1v) is 8.32. The van der Waals surface area contributed by atoms with Crippen LogP contribution in [0.5, 0.6) is 0 Å². The Bertz CT molecular complexity index is 409. The van der Waals surface area contributed by atoms with E-state index < -0.39 is 0 Å². The second-order valence-electron chi connectivity index (χ2n) is 5.93. The summed E-state index contributed by atoms with van der Waals surface area (Å²) in [5, 5.41) is 0. The van der Waals surface area contributed by atoms with Crippen molar-refractivity contribution in [3.8, 4) is 0 Å². The first-order chi connectivity index (χ1) is 9.40. The largest absolute Gasteiger partial charge is 0.309 e. The molecule has 1 aliphatic heterocycles. The Balaban J connectivity index is 2.60. The number of hydrogen-bond donors (Lipinski definition) is 0. The third-order valence-corrected chi connectivity index (χ3v) is 4.03. The minimum Gasteiger partial charge on any atom is -0.309 e. The average molecular weight is 340 g/mol. The Kier molecular flexibility index (Phi) is 7.28. The van der Waals surface area contributed by atoms with Gasteiger partial charge in [-0.25, -0.2) is 0 Å². The fourth-order valence-corrected chi connectivity index (χ4v) is 2.47. The lowest BCUT2D eigenvalue weighted by Crippen LogP contribution is -2.31. The van der Waals surface area contributed by atoms with Crippen LogP contribution in [0.25, 0.3) is 0 Å². The number of alkyl halides is 1. The predicted octanol–water partition coefficient (Wildman–Crippen LogP) is 4.82. The van der Waals surface area contributed by atoms with E-state index in [-0.39, 0.29) is 16.8 Å². The molecule has 0 bridgehead atoms. The van der Waals surface area contributed by atoms with E-state index in [1.54, 1.807) is 11.0 Å². The van der Waals surface area contributed by atoms with Gasteiger partial charge in [0.05, 0.1) is 10.9 Å². The second-order valence-corrected chi connectivity index (χ2v) is 6.99. The zero-order chi connectivity index (χ0) is 15.1. The molecule has 2 atom stereocenters. The van der Waals surface area contributed by atoms with Gasteiger partial charge in [0.25, 0.3) is 5.91 Å². The highest BCUT2D eigenvalue weighted by atomic mass is 79.9. The van der Waals surface area contributed by atoms with Crippen LogP contribution >= 0.6 is 15.9 Å². The molecule has 0 saturated carbocycles. The van der Waals surface area contributed by atoms with Crippen LogP contribution in [-0.4, -0.2) is 21.7 Å².